The smallest absolute Gasteiger partial charge is 0.224 e. The van der Waals surface area contributed by atoms with Crippen molar-refractivity contribution in [2.24, 2.45) is 5.73 Å². The molecule has 1 aromatic carbocycles. The Morgan fingerprint density at radius 2 is 2.00 bits per heavy atom. The number of nitrogens with one attached hydrogen (secondary N) is 1. The topological polar surface area (TPSA) is 95.6 Å². The Morgan fingerprint density at radius 1 is 1.39 bits per heavy atom. The third kappa shape index (κ3) is 4.10. The van der Waals surface area contributed by atoms with Gasteiger partial charge in [-0.05, 0) is 24.1 Å². The van der Waals surface area contributed by atoms with E-state index in [4.69, 9.17) is 10.8 Å². The van der Waals surface area contributed by atoms with Crippen molar-refractivity contribution in [3.8, 4) is 0 Å². The molecule has 0 heterocycles. The summed E-state index contributed by atoms with van der Waals surface area (Å²) in [5.41, 5.74) is 6.84. The number of nitrogens with two attached hydrogens (primary N) is 1. The predicted octanol–water partition coefficient (Wildman–Crippen LogP) is 0.778. The highest BCUT2D eigenvalue weighted by Crippen LogP contribution is 2.18. The van der Waals surface area contributed by atoms with Crippen molar-refractivity contribution in [2.45, 2.75) is 31.9 Å². The molecule has 1 amide bonds. The molecule has 0 aliphatic rings. The minimum Gasteiger partial charge on any atom is -0.395 e. The molecule has 0 aliphatic carbocycles. The lowest BCUT2D eigenvalue weighted by Crippen LogP contribution is -2.31. The molecule has 5 nitrogen and oxygen atoms in total. The number of benzene rings is 1. The molecular formula is C13H20N2O3. The average Bonchev–Trinajstić information content (AvgIpc) is 2.38. The van der Waals surface area contributed by atoms with Crippen LogP contribution in [0.2, 0.25) is 0 Å². The molecule has 0 saturated heterocycles. The van der Waals surface area contributed by atoms with E-state index in [9.17, 15) is 9.90 Å². The van der Waals surface area contributed by atoms with Gasteiger partial charge in [-0.15, -0.1) is 0 Å². The number of aliphatic hydroxyl groups is 2. The Labute approximate surface area is 107 Å². The van der Waals surface area contributed by atoms with Crippen LogP contribution in [-0.2, 0) is 4.79 Å². The van der Waals surface area contributed by atoms with Gasteiger partial charge in [-0.25, -0.2) is 0 Å². The SMILES string of the molecule is CCCC(=O)Nc1ccc(C(O)[C@H](N)CO)cc1. The van der Waals surface area contributed by atoms with E-state index in [1.807, 2.05) is 6.92 Å². The maximum Gasteiger partial charge on any atom is 0.224 e. The number of hydrogen-bond donors (Lipinski definition) is 4. The number of anilines is 1. The molecule has 2 atom stereocenters. The Morgan fingerprint density at radius 3 is 2.50 bits per heavy atom. The van der Waals surface area contributed by atoms with E-state index >= 15 is 0 Å². The Hall–Kier alpha value is -1.43. The zero-order valence-electron chi connectivity index (χ0n) is 10.5. The van der Waals surface area contributed by atoms with E-state index < -0.39 is 12.1 Å². The van der Waals surface area contributed by atoms with Gasteiger partial charge in [0.1, 0.15) is 0 Å². The number of hydrogen-bond acceptors (Lipinski definition) is 4. The Kier molecular flexibility index (Phi) is 5.77. The number of rotatable bonds is 6. The first-order chi connectivity index (χ1) is 8.58. The maximum atomic E-state index is 11.4. The van der Waals surface area contributed by atoms with Gasteiger partial charge in [-0.3, -0.25) is 4.79 Å². The van der Waals surface area contributed by atoms with Crippen LogP contribution in [-0.4, -0.2) is 28.8 Å². The quantitative estimate of drug-likeness (QED) is 0.601. The molecule has 0 saturated carbocycles. The van der Waals surface area contributed by atoms with Crippen LogP contribution in [0.1, 0.15) is 31.4 Å². The molecular weight excluding hydrogens is 232 g/mol. The molecule has 0 fully saturated rings. The lowest BCUT2D eigenvalue weighted by Gasteiger charge is -2.17. The molecule has 1 rings (SSSR count). The molecule has 0 aromatic heterocycles. The van der Waals surface area contributed by atoms with Crippen molar-refractivity contribution in [3.63, 3.8) is 0 Å². The third-order valence-electron chi connectivity index (χ3n) is 2.63. The molecule has 1 unspecified atom stereocenters. The van der Waals surface area contributed by atoms with Gasteiger partial charge >= 0.3 is 0 Å². The van der Waals surface area contributed by atoms with Gasteiger partial charge in [0.15, 0.2) is 0 Å². The first-order valence-electron chi connectivity index (χ1n) is 6.02. The summed E-state index contributed by atoms with van der Waals surface area (Å²) in [6.07, 6.45) is 0.378. The van der Waals surface area contributed by atoms with Gasteiger partial charge in [0.2, 0.25) is 5.91 Å². The van der Waals surface area contributed by atoms with E-state index in [-0.39, 0.29) is 12.5 Å². The predicted molar refractivity (Wildman–Crippen MR) is 70.0 cm³/mol. The van der Waals surface area contributed by atoms with Crippen molar-refractivity contribution in [1.29, 1.82) is 0 Å². The summed E-state index contributed by atoms with van der Waals surface area (Å²) in [6.45, 7) is 1.66. The van der Waals surface area contributed by atoms with E-state index in [0.717, 1.165) is 6.42 Å². The summed E-state index contributed by atoms with van der Waals surface area (Å²) < 4.78 is 0. The molecule has 0 aliphatic heterocycles. The van der Waals surface area contributed by atoms with E-state index in [0.29, 0.717) is 17.7 Å². The van der Waals surface area contributed by atoms with Crippen LogP contribution in [0.4, 0.5) is 5.69 Å². The molecule has 0 bridgehead atoms. The van der Waals surface area contributed by atoms with Gasteiger partial charge < -0.3 is 21.3 Å². The van der Waals surface area contributed by atoms with Crippen LogP contribution in [0.15, 0.2) is 24.3 Å². The Balaban J connectivity index is 2.65. The van der Waals surface area contributed by atoms with Crippen molar-refractivity contribution >= 4 is 11.6 Å². The maximum absolute atomic E-state index is 11.4. The average molecular weight is 252 g/mol. The number of carbonyl (C=O) groups excluding carboxylic acids is 1. The summed E-state index contributed by atoms with van der Waals surface area (Å²) in [7, 11) is 0. The number of carbonyl (C=O) groups is 1. The molecule has 0 spiro atoms. The molecule has 0 radical (unpaired) electrons. The van der Waals surface area contributed by atoms with Crippen LogP contribution in [0.25, 0.3) is 0 Å². The zero-order valence-corrected chi connectivity index (χ0v) is 10.5. The first-order valence-corrected chi connectivity index (χ1v) is 6.02. The molecule has 18 heavy (non-hydrogen) atoms. The van der Waals surface area contributed by atoms with Crippen LogP contribution < -0.4 is 11.1 Å². The summed E-state index contributed by atoms with van der Waals surface area (Å²) >= 11 is 0. The number of amides is 1. The standard InChI is InChI=1S/C13H20N2O3/c1-2-3-12(17)15-10-6-4-9(5-7-10)13(18)11(14)8-16/h4-7,11,13,16,18H,2-3,8,14H2,1H3,(H,15,17)/t11-,13?/m1/s1. The van der Waals surface area contributed by atoms with Gasteiger partial charge in [-0.1, -0.05) is 19.1 Å². The van der Waals surface area contributed by atoms with Gasteiger partial charge in [0.25, 0.3) is 0 Å². The van der Waals surface area contributed by atoms with Crippen LogP contribution >= 0.6 is 0 Å². The second-order valence-corrected chi connectivity index (χ2v) is 4.21. The minimum atomic E-state index is -0.907. The van der Waals surface area contributed by atoms with E-state index in [2.05, 4.69) is 5.32 Å². The third-order valence-corrected chi connectivity index (χ3v) is 2.63. The molecule has 100 valence electrons. The van der Waals surface area contributed by atoms with Crippen molar-refractivity contribution < 1.29 is 15.0 Å². The molecule has 5 N–H and O–H groups in total. The van der Waals surface area contributed by atoms with Crippen molar-refractivity contribution in [2.75, 3.05) is 11.9 Å². The minimum absolute atomic E-state index is 0.0298. The monoisotopic (exact) mass is 252 g/mol. The first kappa shape index (κ1) is 14.6. The van der Waals surface area contributed by atoms with Crippen LogP contribution in [0, 0.1) is 0 Å². The van der Waals surface area contributed by atoms with Crippen molar-refractivity contribution in [1.82, 2.24) is 0 Å². The van der Waals surface area contributed by atoms with Gasteiger partial charge in [0.05, 0.1) is 18.8 Å². The highest BCUT2D eigenvalue weighted by molar-refractivity contribution is 5.90. The van der Waals surface area contributed by atoms with E-state index in [1.165, 1.54) is 0 Å². The fraction of sp³-hybridized carbons (Fsp3) is 0.462. The number of aliphatic hydroxyl groups excluding tert-OH is 2. The van der Waals surface area contributed by atoms with Gasteiger partial charge in [-0.2, -0.15) is 0 Å². The van der Waals surface area contributed by atoms with E-state index in [1.54, 1.807) is 24.3 Å². The van der Waals surface area contributed by atoms with Crippen molar-refractivity contribution in [3.05, 3.63) is 29.8 Å². The van der Waals surface area contributed by atoms with Crippen LogP contribution in [0.5, 0.6) is 0 Å². The Bertz CT molecular complexity index is 378. The summed E-state index contributed by atoms with van der Waals surface area (Å²) in [4.78, 5) is 11.4. The zero-order chi connectivity index (χ0) is 13.5. The lowest BCUT2D eigenvalue weighted by molar-refractivity contribution is -0.116. The fourth-order valence-corrected chi connectivity index (χ4v) is 1.56. The lowest BCUT2D eigenvalue weighted by atomic mass is 10.0. The normalized spacial score (nSPS) is 14.0. The van der Waals surface area contributed by atoms with Gasteiger partial charge in [0, 0.05) is 12.1 Å². The largest absolute Gasteiger partial charge is 0.395 e. The molecule has 5 heteroatoms. The second kappa shape index (κ2) is 7.10. The molecule has 1 aromatic rings. The fourth-order valence-electron chi connectivity index (χ4n) is 1.56. The summed E-state index contributed by atoms with van der Waals surface area (Å²) in [5.74, 6) is -0.0298. The highest BCUT2D eigenvalue weighted by atomic mass is 16.3. The second-order valence-electron chi connectivity index (χ2n) is 4.21. The van der Waals surface area contributed by atoms with Crippen LogP contribution in [0.3, 0.4) is 0 Å². The summed E-state index contributed by atoms with van der Waals surface area (Å²) in [5, 5.41) is 21.4. The highest BCUT2D eigenvalue weighted by Gasteiger charge is 2.15. The summed E-state index contributed by atoms with van der Waals surface area (Å²) in [6, 6.07) is 6.07.